The minimum absolute atomic E-state index is 0.172. The van der Waals surface area contributed by atoms with E-state index in [1.54, 1.807) is 25.3 Å². The van der Waals surface area contributed by atoms with Gasteiger partial charge in [-0.1, -0.05) is 34.1 Å². The van der Waals surface area contributed by atoms with Crippen LogP contribution >= 0.6 is 15.9 Å². The number of hydrogen-bond acceptors (Lipinski definition) is 6. The summed E-state index contributed by atoms with van der Waals surface area (Å²) in [6.07, 6.45) is 1.71. The maximum Gasteiger partial charge on any atom is 0.231 e. The monoisotopic (exact) mass is 508 g/mol. The SMILES string of the molecule is COc1ccccc1COc1ccc2c(c1C)O/C(=C\c1cc(Br)cc3c1OCOC3)C2=O. The molecule has 0 saturated heterocycles. The van der Waals surface area contributed by atoms with Crippen LogP contribution in [0.1, 0.15) is 32.6 Å². The van der Waals surface area contributed by atoms with Crippen LogP contribution in [0, 0.1) is 6.92 Å². The van der Waals surface area contributed by atoms with Crippen LogP contribution in [0.15, 0.2) is 58.8 Å². The number of carbonyl (C=O) groups is 1. The van der Waals surface area contributed by atoms with Crippen molar-refractivity contribution < 1.29 is 28.5 Å². The number of fused-ring (bicyclic) bond motifs is 2. The van der Waals surface area contributed by atoms with Crippen molar-refractivity contribution in [3.8, 4) is 23.0 Å². The molecule has 0 atom stereocenters. The van der Waals surface area contributed by atoms with E-state index in [2.05, 4.69) is 15.9 Å². The minimum atomic E-state index is -0.176. The highest BCUT2D eigenvalue weighted by Gasteiger charge is 2.31. The number of halogens is 1. The zero-order chi connectivity index (χ0) is 22.9. The topological polar surface area (TPSA) is 63.2 Å². The van der Waals surface area contributed by atoms with Crippen molar-refractivity contribution in [2.75, 3.05) is 13.9 Å². The molecule has 0 amide bonds. The first-order chi connectivity index (χ1) is 16.0. The smallest absolute Gasteiger partial charge is 0.231 e. The first-order valence-electron chi connectivity index (χ1n) is 10.4. The molecule has 0 unspecified atom stereocenters. The van der Waals surface area contributed by atoms with Crippen molar-refractivity contribution in [1.82, 2.24) is 0 Å². The Balaban J connectivity index is 1.42. The van der Waals surface area contributed by atoms with Crippen LogP contribution in [0.3, 0.4) is 0 Å². The molecule has 33 heavy (non-hydrogen) atoms. The van der Waals surface area contributed by atoms with E-state index < -0.39 is 0 Å². The van der Waals surface area contributed by atoms with Gasteiger partial charge in [-0.05, 0) is 43.3 Å². The highest BCUT2D eigenvalue weighted by molar-refractivity contribution is 9.10. The molecule has 0 fully saturated rings. The Morgan fingerprint density at radius 3 is 2.79 bits per heavy atom. The first kappa shape index (κ1) is 21.6. The number of hydrogen-bond donors (Lipinski definition) is 0. The van der Waals surface area contributed by atoms with Crippen molar-refractivity contribution in [1.29, 1.82) is 0 Å². The standard InChI is InChI=1S/C26H21BrO6/c1-15-21(31-13-16-5-3-4-6-22(16)29-2)8-7-20-24(28)23(33-25(15)20)11-17-9-19(27)10-18-12-30-14-32-26(17)18/h3-11H,12-14H2,1-2H3/b23-11-. The molecule has 5 rings (SSSR count). The molecule has 3 aromatic rings. The fourth-order valence-electron chi connectivity index (χ4n) is 3.96. The van der Waals surface area contributed by atoms with Gasteiger partial charge in [-0.15, -0.1) is 0 Å². The van der Waals surface area contributed by atoms with Gasteiger partial charge in [-0.2, -0.15) is 0 Å². The largest absolute Gasteiger partial charge is 0.496 e. The maximum atomic E-state index is 13.1. The summed E-state index contributed by atoms with van der Waals surface area (Å²) in [5.41, 5.74) is 3.87. The lowest BCUT2D eigenvalue weighted by Gasteiger charge is -2.20. The summed E-state index contributed by atoms with van der Waals surface area (Å²) in [5, 5.41) is 0. The number of methoxy groups -OCH3 is 1. The number of ketones is 1. The molecular weight excluding hydrogens is 488 g/mol. The van der Waals surface area contributed by atoms with Crippen LogP contribution in [-0.4, -0.2) is 19.7 Å². The van der Waals surface area contributed by atoms with E-state index in [0.717, 1.165) is 32.5 Å². The van der Waals surface area contributed by atoms with Crippen LogP contribution in [0.2, 0.25) is 0 Å². The Kier molecular flexibility index (Phi) is 5.83. The fraction of sp³-hybridized carbons (Fsp3) is 0.192. The number of allylic oxidation sites excluding steroid dienone is 1. The average Bonchev–Trinajstić information content (AvgIpc) is 3.14. The number of para-hydroxylation sites is 1. The maximum absolute atomic E-state index is 13.1. The summed E-state index contributed by atoms with van der Waals surface area (Å²) in [6, 6.07) is 15.1. The summed E-state index contributed by atoms with van der Waals surface area (Å²) in [6.45, 7) is 2.84. The Labute approximate surface area is 199 Å². The van der Waals surface area contributed by atoms with Gasteiger partial charge in [0.2, 0.25) is 5.78 Å². The Bertz CT molecular complexity index is 1280. The lowest BCUT2D eigenvalue weighted by atomic mass is 10.0. The molecule has 168 valence electrons. The van der Waals surface area contributed by atoms with Crippen molar-refractivity contribution in [3.05, 3.63) is 86.6 Å². The van der Waals surface area contributed by atoms with E-state index in [1.165, 1.54) is 0 Å². The molecular formula is C26H21BrO6. The molecule has 3 aromatic carbocycles. The average molecular weight is 509 g/mol. The highest BCUT2D eigenvalue weighted by atomic mass is 79.9. The van der Waals surface area contributed by atoms with Gasteiger partial charge in [0.05, 0.1) is 19.3 Å². The summed E-state index contributed by atoms with van der Waals surface area (Å²) in [4.78, 5) is 13.1. The van der Waals surface area contributed by atoms with Crippen LogP contribution < -0.4 is 18.9 Å². The third-order valence-electron chi connectivity index (χ3n) is 5.60. The molecule has 2 heterocycles. The Morgan fingerprint density at radius 1 is 1.09 bits per heavy atom. The Hall–Kier alpha value is -3.29. The van der Waals surface area contributed by atoms with E-state index in [0.29, 0.717) is 36.0 Å². The lowest BCUT2D eigenvalue weighted by Crippen LogP contribution is -2.12. The number of benzene rings is 3. The van der Waals surface area contributed by atoms with E-state index in [4.69, 9.17) is 23.7 Å². The number of rotatable bonds is 5. The van der Waals surface area contributed by atoms with Gasteiger partial charge in [0.1, 0.15) is 29.6 Å². The third-order valence-corrected chi connectivity index (χ3v) is 6.06. The van der Waals surface area contributed by atoms with Gasteiger partial charge in [0, 0.05) is 26.7 Å². The second-order valence-corrected chi connectivity index (χ2v) is 8.62. The molecule has 0 aromatic heterocycles. The van der Waals surface area contributed by atoms with Gasteiger partial charge in [0.15, 0.2) is 12.6 Å². The van der Waals surface area contributed by atoms with Crippen LogP contribution in [0.5, 0.6) is 23.0 Å². The molecule has 2 aliphatic heterocycles. The third kappa shape index (κ3) is 4.10. The van der Waals surface area contributed by atoms with Gasteiger partial charge < -0.3 is 23.7 Å². The normalized spacial score (nSPS) is 15.5. The molecule has 0 radical (unpaired) electrons. The minimum Gasteiger partial charge on any atom is -0.496 e. The second-order valence-electron chi connectivity index (χ2n) is 7.70. The quantitative estimate of drug-likeness (QED) is 0.404. The highest BCUT2D eigenvalue weighted by Crippen LogP contribution is 2.41. The number of Topliss-reactive ketones (excluding diaryl/α,β-unsaturated/α-hetero) is 1. The van der Waals surface area contributed by atoms with Gasteiger partial charge in [-0.25, -0.2) is 0 Å². The van der Waals surface area contributed by atoms with Crippen molar-refractivity contribution >= 4 is 27.8 Å². The Morgan fingerprint density at radius 2 is 1.94 bits per heavy atom. The molecule has 0 saturated carbocycles. The lowest BCUT2D eigenvalue weighted by molar-refractivity contribution is -0.0165. The van der Waals surface area contributed by atoms with Gasteiger partial charge >= 0.3 is 0 Å². The van der Waals surface area contributed by atoms with E-state index in [-0.39, 0.29) is 18.3 Å². The van der Waals surface area contributed by atoms with E-state index in [9.17, 15) is 4.79 Å². The van der Waals surface area contributed by atoms with Crippen molar-refractivity contribution in [2.45, 2.75) is 20.1 Å². The van der Waals surface area contributed by atoms with Gasteiger partial charge in [0.25, 0.3) is 0 Å². The summed E-state index contributed by atoms with van der Waals surface area (Å²) in [7, 11) is 1.63. The fourth-order valence-corrected chi connectivity index (χ4v) is 4.48. The molecule has 7 heteroatoms. The molecule has 0 spiro atoms. The van der Waals surface area contributed by atoms with Crippen molar-refractivity contribution in [3.63, 3.8) is 0 Å². The number of carbonyl (C=O) groups excluding carboxylic acids is 1. The zero-order valence-corrected chi connectivity index (χ0v) is 19.7. The summed E-state index contributed by atoms with van der Waals surface area (Å²) >= 11 is 3.51. The van der Waals surface area contributed by atoms with Crippen molar-refractivity contribution in [2.24, 2.45) is 0 Å². The summed E-state index contributed by atoms with van der Waals surface area (Å²) in [5.74, 6) is 2.68. The second kappa shape index (κ2) is 8.92. The molecule has 0 aliphatic carbocycles. The predicted octanol–water partition coefficient (Wildman–Crippen LogP) is 5.83. The zero-order valence-electron chi connectivity index (χ0n) is 18.1. The molecule has 0 N–H and O–H groups in total. The molecule has 6 nitrogen and oxygen atoms in total. The molecule has 0 bridgehead atoms. The summed E-state index contributed by atoms with van der Waals surface area (Å²) < 4.78 is 29.4. The predicted molar refractivity (Wildman–Crippen MR) is 126 cm³/mol. The van der Waals surface area contributed by atoms with Gasteiger partial charge in [-0.3, -0.25) is 4.79 Å². The van der Waals surface area contributed by atoms with Crippen LogP contribution in [-0.2, 0) is 18.0 Å². The molecule has 2 aliphatic rings. The first-order valence-corrected chi connectivity index (χ1v) is 11.2. The van der Waals surface area contributed by atoms with Crippen LogP contribution in [0.25, 0.3) is 6.08 Å². The number of ether oxygens (including phenoxy) is 5. The van der Waals surface area contributed by atoms with E-state index >= 15 is 0 Å². The van der Waals surface area contributed by atoms with E-state index in [1.807, 2.05) is 43.3 Å². The van der Waals surface area contributed by atoms with Crippen LogP contribution in [0.4, 0.5) is 0 Å².